The molecular formula is C18H21ClN2O3. The molecule has 0 aromatic heterocycles. The summed E-state index contributed by atoms with van der Waals surface area (Å²) in [4.78, 5) is 5.32. The first kappa shape index (κ1) is 18.1. The molecule has 0 bridgehead atoms. The quantitative estimate of drug-likeness (QED) is 0.870. The van der Waals surface area contributed by atoms with Crippen LogP contribution >= 0.6 is 12.4 Å². The van der Waals surface area contributed by atoms with Crippen molar-refractivity contribution >= 4 is 18.1 Å². The number of nitrogens with zero attached hydrogens (tertiary/aromatic N) is 1. The van der Waals surface area contributed by atoms with Crippen LogP contribution in [0.5, 0.6) is 11.5 Å². The third kappa shape index (κ3) is 4.19. The van der Waals surface area contributed by atoms with Gasteiger partial charge in [0.1, 0.15) is 18.1 Å². The number of methoxy groups -OCH3 is 1. The number of ether oxygens (including phenoxy) is 2. The second-order valence-electron chi connectivity index (χ2n) is 5.33. The fourth-order valence-corrected chi connectivity index (χ4v) is 2.48. The molecule has 0 saturated heterocycles. The Morgan fingerprint density at radius 1 is 1.17 bits per heavy atom. The van der Waals surface area contributed by atoms with Gasteiger partial charge in [-0.2, -0.15) is 0 Å². The summed E-state index contributed by atoms with van der Waals surface area (Å²) in [7, 11) is 1.66. The number of oxime groups is 1. The second kappa shape index (κ2) is 8.57. The number of hydrogen-bond donors (Lipinski definition) is 1. The molecule has 24 heavy (non-hydrogen) atoms. The highest BCUT2D eigenvalue weighted by atomic mass is 35.5. The lowest BCUT2D eigenvalue weighted by Gasteiger charge is -2.14. The maximum atomic E-state index is 5.95. The van der Waals surface area contributed by atoms with Crippen LogP contribution in [0.25, 0.3) is 11.1 Å². The number of hydrogen-bond acceptors (Lipinski definition) is 5. The lowest BCUT2D eigenvalue weighted by Crippen LogP contribution is -2.20. The van der Waals surface area contributed by atoms with E-state index in [0.29, 0.717) is 13.2 Å². The van der Waals surface area contributed by atoms with Crippen molar-refractivity contribution in [3.63, 3.8) is 0 Å². The standard InChI is InChI=1S/C18H20N2O3.ClH/c1-21-15-8-6-13(7-9-15)17-4-2-3-5-18(17)22-12-16-10-14(11-19)20-23-16;/h2-9,16H,10-12,19H2,1H3;1H. The van der Waals surface area contributed by atoms with E-state index in [1.165, 1.54) is 0 Å². The Balaban J connectivity index is 0.00000208. The molecule has 2 N–H and O–H groups in total. The molecule has 0 radical (unpaired) electrons. The summed E-state index contributed by atoms with van der Waals surface area (Å²) in [5.41, 5.74) is 8.55. The molecule has 0 aliphatic carbocycles. The largest absolute Gasteiger partial charge is 0.497 e. The van der Waals surface area contributed by atoms with Gasteiger partial charge in [0.05, 0.1) is 12.8 Å². The molecule has 3 rings (SSSR count). The molecule has 1 aliphatic heterocycles. The van der Waals surface area contributed by atoms with Gasteiger partial charge in [0.2, 0.25) is 0 Å². The molecule has 2 aromatic carbocycles. The highest BCUT2D eigenvalue weighted by Gasteiger charge is 2.21. The van der Waals surface area contributed by atoms with Crippen LogP contribution in [0.4, 0.5) is 0 Å². The Bertz CT molecular complexity index is 689. The van der Waals surface area contributed by atoms with E-state index in [-0.39, 0.29) is 18.5 Å². The predicted octanol–water partition coefficient (Wildman–Crippen LogP) is 3.27. The van der Waals surface area contributed by atoms with Gasteiger partial charge < -0.3 is 20.0 Å². The minimum atomic E-state index is -0.0718. The number of para-hydroxylation sites is 1. The van der Waals surface area contributed by atoms with Crippen molar-refractivity contribution in [1.29, 1.82) is 0 Å². The van der Waals surface area contributed by atoms with Crippen molar-refractivity contribution < 1.29 is 14.3 Å². The van der Waals surface area contributed by atoms with Gasteiger partial charge >= 0.3 is 0 Å². The van der Waals surface area contributed by atoms with E-state index in [2.05, 4.69) is 5.16 Å². The topological polar surface area (TPSA) is 66.1 Å². The Morgan fingerprint density at radius 3 is 2.58 bits per heavy atom. The van der Waals surface area contributed by atoms with E-state index in [0.717, 1.165) is 34.8 Å². The van der Waals surface area contributed by atoms with Crippen LogP contribution < -0.4 is 15.2 Å². The normalized spacial score (nSPS) is 15.9. The van der Waals surface area contributed by atoms with Crippen LogP contribution in [-0.2, 0) is 4.84 Å². The summed E-state index contributed by atoms with van der Waals surface area (Å²) < 4.78 is 11.2. The summed E-state index contributed by atoms with van der Waals surface area (Å²) in [5.74, 6) is 1.65. The van der Waals surface area contributed by atoms with Crippen molar-refractivity contribution in [2.45, 2.75) is 12.5 Å². The van der Waals surface area contributed by atoms with Crippen LogP contribution in [0.3, 0.4) is 0 Å². The molecule has 0 fully saturated rings. The van der Waals surface area contributed by atoms with Crippen molar-refractivity contribution in [2.24, 2.45) is 10.9 Å². The van der Waals surface area contributed by atoms with Gasteiger partial charge in [-0.05, 0) is 23.8 Å². The van der Waals surface area contributed by atoms with Crippen LogP contribution in [0, 0.1) is 0 Å². The Hall–Kier alpha value is -2.24. The molecule has 0 amide bonds. The molecule has 0 spiro atoms. The maximum absolute atomic E-state index is 5.95. The van der Waals surface area contributed by atoms with Crippen LogP contribution in [-0.4, -0.2) is 32.1 Å². The predicted molar refractivity (Wildman–Crippen MR) is 97.2 cm³/mol. The average Bonchev–Trinajstić information content (AvgIpc) is 3.08. The Morgan fingerprint density at radius 2 is 1.92 bits per heavy atom. The molecule has 2 aromatic rings. The highest BCUT2D eigenvalue weighted by Crippen LogP contribution is 2.31. The zero-order valence-electron chi connectivity index (χ0n) is 13.5. The SMILES string of the molecule is COc1ccc(-c2ccccc2OCC2CC(CN)=NO2)cc1.Cl. The van der Waals surface area contributed by atoms with E-state index in [1.807, 2.05) is 48.5 Å². The zero-order chi connectivity index (χ0) is 16.1. The monoisotopic (exact) mass is 348 g/mol. The number of nitrogens with two attached hydrogens (primary N) is 1. The molecule has 6 heteroatoms. The fraction of sp³-hybridized carbons (Fsp3) is 0.278. The summed E-state index contributed by atoms with van der Waals surface area (Å²) in [6, 6.07) is 15.9. The highest BCUT2D eigenvalue weighted by molar-refractivity contribution is 5.87. The second-order valence-corrected chi connectivity index (χ2v) is 5.33. The summed E-state index contributed by atoms with van der Waals surface area (Å²) >= 11 is 0. The summed E-state index contributed by atoms with van der Waals surface area (Å²) in [5, 5.41) is 3.95. The van der Waals surface area contributed by atoms with Crippen molar-refractivity contribution in [3.05, 3.63) is 48.5 Å². The van der Waals surface area contributed by atoms with Crippen LogP contribution in [0.1, 0.15) is 6.42 Å². The van der Waals surface area contributed by atoms with Crippen molar-refractivity contribution in [3.8, 4) is 22.6 Å². The minimum Gasteiger partial charge on any atom is -0.497 e. The van der Waals surface area contributed by atoms with E-state index in [1.54, 1.807) is 7.11 Å². The van der Waals surface area contributed by atoms with Gasteiger partial charge in [-0.3, -0.25) is 0 Å². The molecule has 128 valence electrons. The number of halogens is 1. The molecule has 1 atom stereocenters. The van der Waals surface area contributed by atoms with Crippen LogP contribution in [0.2, 0.25) is 0 Å². The number of benzene rings is 2. The van der Waals surface area contributed by atoms with Gasteiger partial charge in [0.25, 0.3) is 0 Å². The summed E-state index contributed by atoms with van der Waals surface area (Å²) in [6.45, 7) is 0.874. The first-order chi connectivity index (χ1) is 11.3. The minimum absolute atomic E-state index is 0. The van der Waals surface area contributed by atoms with Gasteiger partial charge in [-0.25, -0.2) is 0 Å². The van der Waals surface area contributed by atoms with Gasteiger partial charge in [-0.1, -0.05) is 35.5 Å². The Kier molecular flexibility index (Phi) is 6.46. The summed E-state index contributed by atoms with van der Waals surface area (Å²) in [6.07, 6.45) is 0.652. The van der Waals surface area contributed by atoms with Crippen LogP contribution in [0.15, 0.2) is 53.7 Å². The molecule has 5 nitrogen and oxygen atoms in total. The van der Waals surface area contributed by atoms with Crippen molar-refractivity contribution in [1.82, 2.24) is 0 Å². The molecule has 1 unspecified atom stereocenters. The fourth-order valence-electron chi connectivity index (χ4n) is 2.48. The first-order valence-electron chi connectivity index (χ1n) is 7.58. The molecule has 1 heterocycles. The van der Waals surface area contributed by atoms with Gasteiger partial charge in [0, 0.05) is 18.5 Å². The van der Waals surface area contributed by atoms with Crippen molar-refractivity contribution in [2.75, 3.05) is 20.3 Å². The first-order valence-corrected chi connectivity index (χ1v) is 7.58. The average molecular weight is 349 g/mol. The van der Waals surface area contributed by atoms with Gasteiger partial charge in [0.15, 0.2) is 6.10 Å². The van der Waals surface area contributed by atoms with E-state index < -0.39 is 0 Å². The maximum Gasteiger partial charge on any atom is 0.166 e. The number of rotatable bonds is 6. The molecule has 0 saturated carbocycles. The third-order valence-electron chi connectivity index (χ3n) is 3.74. The molecule has 1 aliphatic rings. The van der Waals surface area contributed by atoms with E-state index in [9.17, 15) is 0 Å². The zero-order valence-corrected chi connectivity index (χ0v) is 14.3. The lowest BCUT2D eigenvalue weighted by atomic mass is 10.0. The van der Waals surface area contributed by atoms with Gasteiger partial charge in [-0.15, -0.1) is 12.4 Å². The Labute approximate surface area is 147 Å². The van der Waals surface area contributed by atoms with E-state index >= 15 is 0 Å². The third-order valence-corrected chi connectivity index (χ3v) is 3.74. The molecular weight excluding hydrogens is 328 g/mol. The van der Waals surface area contributed by atoms with E-state index in [4.69, 9.17) is 20.0 Å². The lowest BCUT2D eigenvalue weighted by molar-refractivity contribution is 0.0472. The smallest absolute Gasteiger partial charge is 0.166 e.